The van der Waals surface area contributed by atoms with Crippen molar-refractivity contribution in [3.8, 4) is 11.1 Å². The average Bonchev–Trinajstić information content (AvgIpc) is 2.56. The molecule has 0 saturated heterocycles. The van der Waals surface area contributed by atoms with E-state index in [1.165, 1.54) is 0 Å². The molecule has 0 heterocycles. The van der Waals surface area contributed by atoms with Gasteiger partial charge in [-0.05, 0) is 42.8 Å². The predicted molar refractivity (Wildman–Crippen MR) is 86.3 cm³/mol. The van der Waals surface area contributed by atoms with E-state index < -0.39 is 0 Å². The van der Waals surface area contributed by atoms with Crippen LogP contribution in [0.25, 0.3) is 11.1 Å². The van der Waals surface area contributed by atoms with Crippen LogP contribution < -0.4 is 4.90 Å². The fraction of sp³-hybridized carbons (Fsp3) is 0.235. The van der Waals surface area contributed by atoms with Crippen molar-refractivity contribution in [2.45, 2.75) is 13.8 Å². The summed E-state index contributed by atoms with van der Waals surface area (Å²) < 4.78 is 0. The molecule has 0 aromatic heterocycles. The average molecular weight is 282 g/mol. The summed E-state index contributed by atoms with van der Waals surface area (Å²) in [6, 6.07) is 12.8. The minimum absolute atomic E-state index is 0.403. The molecule has 2 aromatic carbocycles. The Morgan fingerprint density at radius 2 is 1.71 bits per heavy atom. The van der Waals surface area contributed by atoms with Crippen LogP contribution >= 0.6 is 0 Å². The molecule has 0 spiro atoms. The lowest BCUT2D eigenvalue weighted by atomic mass is 10.0. The molecule has 0 aliphatic carbocycles. The summed E-state index contributed by atoms with van der Waals surface area (Å²) in [5.74, 6) is 0. The van der Waals surface area contributed by atoms with Crippen molar-refractivity contribution in [2.75, 3.05) is 18.0 Å². The molecule has 0 radical (unpaired) electrons. The van der Waals surface area contributed by atoms with Crippen molar-refractivity contribution in [1.82, 2.24) is 0 Å². The first-order chi connectivity index (χ1) is 10.2. The highest BCUT2D eigenvalue weighted by molar-refractivity contribution is 5.83. The molecular weight excluding hydrogens is 264 g/mol. The minimum atomic E-state index is 0.403. The van der Waals surface area contributed by atoms with Gasteiger partial charge in [0.1, 0.15) is 12.0 Å². The van der Waals surface area contributed by atoms with Gasteiger partial charge in [-0.15, -0.1) is 4.91 Å². The van der Waals surface area contributed by atoms with E-state index in [1.807, 2.05) is 18.2 Å². The Labute approximate surface area is 124 Å². The summed E-state index contributed by atoms with van der Waals surface area (Å²) >= 11 is 0. The summed E-state index contributed by atoms with van der Waals surface area (Å²) in [6.45, 7) is 5.94. The molecule has 0 N–H and O–H groups in total. The van der Waals surface area contributed by atoms with E-state index in [9.17, 15) is 9.70 Å². The van der Waals surface area contributed by atoms with Crippen LogP contribution in [0.5, 0.6) is 0 Å². The number of carbonyl (C=O) groups excluding carboxylic acids is 1. The third kappa shape index (κ3) is 3.16. The molecule has 2 rings (SSSR count). The Hall–Kier alpha value is -2.49. The molecule has 0 aliphatic rings. The van der Waals surface area contributed by atoms with Crippen molar-refractivity contribution in [3.63, 3.8) is 0 Å². The van der Waals surface area contributed by atoms with Crippen LogP contribution in [-0.2, 0) is 0 Å². The molecule has 0 unspecified atom stereocenters. The zero-order valence-corrected chi connectivity index (χ0v) is 12.2. The highest BCUT2D eigenvalue weighted by atomic mass is 16.3. The van der Waals surface area contributed by atoms with Crippen molar-refractivity contribution >= 4 is 17.7 Å². The van der Waals surface area contributed by atoms with Gasteiger partial charge in [0.25, 0.3) is 0 Å². The third-order valence-electron chi connectivity index (χ3n) is 3.55. The second-order valence-electron chi connectivity index (χ2n) is 4.70. The van der Waals surface area contributed by atoms with Crippen LogP contribution in [-0.4, -0.2) is 19.4 Å². The van der Waals surface area contributed by atoms with Gasteiger partial charge in [-0.1, -0.05) is 24.3 Å². The van der Waals surface area contributed by atoms with Gasteiger partial charge in [-0.2, -0.15) is 0 Å². The minimum Gasteiger partial charge on any atom is -0.372 e. The van der Waals surface area contributed by atoms with Crippen LogP contribution in [0.2, 0.25) is 0 Å². The second kappa shape index (κ2) is 6.79. The van der Waals surface area contributed by atoms with E-state index in [2.05, 4.69) is 23.9 Å². The van der Waals surface area contributed by atoms with Gasteiger partial charge in [0.2, 0.25) is 0 Å². The Bertz CT molecular complexity index is 632. The van der Waals surface area contributed by atoms with Crippen molar-refractivity contribution < 1.29 is 4.79 Å². The zero-order valence-electron chi connectivity index (χ0n) is 12.2. The molecule has 0 atom stereocenters. The zero-order chi connectivity index (χ0) is 15.2. The number of benzene rings is 2. The van der Waals surface area contributed by atoms with Crippen LogP contribution in [0.15, 0.2) is 47.6 Å². The van der Waals surface area contributed by atoms with Gasteiger partial charge in [0.05, 0.1) is 0 Å². The van der Waals surface area contributed by atoms with E-state index in [0.29, 0.717) is 11.3 Å². The highest BCUT2D eigenvalue weighted by Gasteiger charge is 2.11. The largest absolute Gasteiger partial charge is 0.372 e. The monoisotopic (exact) mass is 282 g/mol. The molecule has 0 amide bonds. The summed E-state index contributed by atoms with van der Waals surface area (Å²) in [6.07, 6.45) is 0.818. The lowest BCUT2D eigenvalue weighted by Gasteiger charge is -2.24. The summed E-state index contributed by atoms with van der Waals surface area (Å²) in [5, 5.41) is 3.02. The summed E-state index contributed by atoms with van der Waals surface area (Å²) in [7, 11) is 0. The molecule has 4 nitrogen and oxygen atoms in total. The van der Waals surface area contributed by atoms with Gasteiger partial charge in [-0.3, -0.25) is 4.79 Å². The number of rotatable bonds is 6. The first kappa shape index (κ1) is 14.9. The van der Waals surface area contributed by atoms with Crippen LogP contribution in [0.1, 0.15) is 24.2 Å². The lowest BCUT2D eigenvalue weighted by molar-refractivity contribution is 0.112. The predicted octanol–water partition coefficient (Wildman–Crippen LogP) is 4.41. The number of carbonyl (C=O) groups is 1. The first-order valence-electron chi connectivity index (χ1n) is 7.01. The van der Waals surface area contributed by atoms with E-state index in [1.54, 1.807) is 24.3 Å². The topological polar surface area (TPSA) is 49.7 Å². The highest BCUT2D eigenvalue weighted by Crippen LogP contribution is 2.34. The maximum absolute atomic E-state index is 10.8. The quantitative estimate of drug-likeness (QED) is 0.582. The molecule has 0 saturated carbocycles. The number of hydrogen-bond acceptors (Lipinski definition) is 4. The number of anilines is 1. The molecule has 0 fully saturated rings. The first-order valence-corrected chi connectivity index (χ1v) is 7.01. The molecular formula is C17H18N2O2. The Balaban J connectivity index is 2.56. The van der Waals surface area contributed by atoms with Crippen LogP contribution in [0.3, 0.4) is 0 Å². The SMILES string of the molecule is CCN(CC)c1ccc(N=O)cc1-c1ccc(C=O)cc1. The second-order valence-corrected chi connectivity index (χ2v) is 4.70. The molecule has 0 bridgehead atoms. The number of aldehydes is 1. The van der Waals surface area contributed by atoms with Gasteiger partial charge in [0.15, 0.2) is 0 Å². The summed E-state index contributed by atoms with van der Waals surface area (Å²) in [5.41, 5.74) is 4.01. The molecule has 0 aliphatic heterocycles. The van der Waals surface area contributed by atoms with Gasteiger partial charge in [0, 0.05) is 29.9 Å². The molecule has 4 heteroatoms. The van der Waals surface area contributed by atoms with Gasteiger partial charge < -0.3 is 4.90 Å². The lowest BCUT2D eigenvalue weighted by Crippen LogP contribution is -2.22. The summed E-state index contributed by atoms with van der Waals surface area (Å²) in [4.78, 5) is 23.8. The van der Waals surface area contributed by atoms with Crippen LogP contribution in [0, 0.1) is 4.91 Å². The third-order valence-corrected chi connectivity index (χ3v) is 3.55. The number of hydrogen-bond donors (Lipinski definition) is 0. The van der Waals surface area contributed by atoms with Gasteiger partial charge >= 0.3 is 0 Å². The standard InChI is InChI=1S/C17H18N2O2/c1-3-19(4-2)17-10-9-15(18-21)11-16(17)14-7-5-13(12-20)6-8-14/h5-12H,3-4H2,1-2H3. The Kier molecular flexibility index (Phi) is 4.82. The van der Waals surface area contributed by atoms with Crippen molar-refractivity contribution in [1.29, 1.82) is 0 Å². The van der Waals surface area contributed by atoms with E-state index in [4.69, 9.17) is 0 Å². The fourth-order valence-electron chi connectivity index (χ4n) is 2.39. The molecule has 2 aromatic rings. The van der Waals surface area contributed by atoms with E-state index in [-0.39, 0.29) is 0 Å². The Morgan fingerprint density at radius 1 is 1.05 bits per heavy atom. The number of nitroso groups, excluding NO2 is 1. The maximum Gasteiger partial charge on any atom is 0.150 e. The van der Waals surface area contributed by atoms with Gasteiger partial charge in [-0.25, -0.2) is 0 Å². The van der Waals surface area contributed by atoms with Crippen molar-refractivity contribution in [2.24, 2.45) is 5.18 Å². The maximum atomic E-state index is 10.8. The Morgan fingerprint density at radius 3 is 2.24 bits per heavy atom. The van der Waals surface area contributed by atoms with E-state index >= 15 is 0 Å². The smallest absolute Gasteiger partial charge is 0.150 e. The number of nitrogens with zero attached hydrogens (tertiary/aromatic N) is 2. The van der Waals surface area contributed by atoms with Crippen molar-refractivity contribution in [3.05, 3.63) is 52.9 Å². The molecule has 21 heavy (non-hydrogen) atoms. The molecule has 108 valence electrons. The van der Waals surface area contributed by atoms with Crippen LogP contribution in [0.4, 0.5) is 11.4 Å². The van der Waals surface area contributed by atoms with E-state index in [0.717, 1.165) is 36.2 Å². The normalized spacial score (nSPS) is 10.2. The fourth-order valence-corrected chi connectivity index (χ4v) is 2.39.